The summed E-state index contributed by atoms with van der Waals surface area (Å²) in [5.74, 6) is -3.47. The summed E-state index contributed by atoms with van der Waals surface area (Å²) in [5, 5.41) is 67.3. The minimum Gasteiger partial charge on any atom is -0.459 e. The number of hydrogen-bond donors (Lipinski definition) is 7. The molecule has 0 radical (unpaired) electrons. The molecule has 3 heterocycles. The van der Waals surface area contributed by atoms with Gasteiger partial charge in [0.15, 0.2) is 12.6 Å². The van der Waals surface area contributed by atoms with Gasteiger partial charge in [-0.05, 0) is 122 Å². The number of nitrogens with one attached hydrogen (secondary N) is 2. The molecular formula is C51H79ClF3N3O14S. The van der Waals surface area contributed by atoms with E-state index < -0.39 is 129 Å². The van der Waals surface area contributed by atoms with Crippen LogP contribution >= 0.6 is 11.6 Å². The van der Waals surface area contributed by atoms with Gasteiger partial charge in [0, 0.05) is 50.7 Å². The van der Waals surface area contributed by atoms with E-state index in [1.54, 1.807) is 41.5 Å². The van der Waals surface area contributed by atoms with Crippen molar-refractivity contribution in [3.8, 4) is 0 Å². The minimum absolute atomic E-state index is 0.0230. The summed E-state index contributed by atoms with van der Waals surface area (Å²) in [6.45, 7) is 16.5. The number of methoxy groups -OCH3 is 1. The Morgan fingerprint density at radius 3 is 2.12 bits per heavy atom. The van der Waals surface area contributed by atoms with Crippen molar-refractivity contribution >= 4 is 27.6 Å². The topological polar surface area (TPSA) is 235 Å². The summed E-state index contributed by atoms with van der Waals surface area (Å²) in [6.07, 6.45) is -15.9. The zero-order chi connectivity index (χ0) is 54.8. The average Bonchev–Trinajstić information content (AvgIpc) is 3.31. The number of hydrogen-bond acceptors (Lipinski definition) is 16. The molecule has 3 fully saturated rings. The standard InChI is InChI=1S/C51H79ClF3N3O14S/c1-13-39-49(10,63)43(60)32(6)57-25-28(2)23-47(8,62)44(72-46-41(59)38(22-29(3)68-46)58(11)73(65,66)37-20-18-36(52)19-21-37)30(4)42(31(5)45(61)70-39)71-40-24-48(9,67-12)50(64,33(7)69-40)27-56-26-34-14-16-35(17-15-34)51(53,54)55/h14-21,28-33,38-44,46,56-57,59-60,62-64H,13,22-27H2,1-12H3/t28-,29-,30+,31-,32-,33+,38+,39-,40+,41-,42+,43-,44-,46+,47-,48-,49-,50+/m1/s1. The van der Waals surface area contributed by atoms with E-state index in [0.717, 1.165) is 16.4 Å². The molecule has 5 rings (SSSR count). The SMILES string of the molecule is CC[C@H]1OC(=O)[C@H](C)[C@@H](O[C@H]2C[C@@](C)(OC)[C@](O)(CNCc3ccc(C(F)(F)F)cc3)[C@H](C)O2)[C@H](C)[C@@H](O[C@@H]2O[C@H](C)C[C@H](N(C)S(=O)(=O)c3ccc(Cl)cc3)[C@H]2O)[C@](C)(O)C[C@@H](C)CN[C@H](C)[C@@H](O)[C@]1(C)O. The molecule has 22 heteroatoms. The number of aliphatic hydroxyl groups is 5. The first-order valence-corrected chi connectivity index (χ1v) is 26.8. The number of likely N-dealkylation sites (N-methyl/N-ethyl adjacent to an activating group) is 1. The third kappa shape index (κ3) is 13.8. The second kappa shape index (κ2) is 24.0. The quantitative estimate of drug-likeness (QED) is 0.129. The first-order valence-electron chi connectivity index (χ1n) is 25.0. The van der Waals surface area contributed by atoms with Crippen molar-refractivity contribution in [3.05, 3.63) is 64.7 Å². The summed E-state index contributed by atoms with van der Waals surface area (Å²) in [5.41, 5.74) is -7.23. The second-order valence-electron chi connectivity index (χ2n) is 21.3. The van der Waals surface area contributed by atoms with E-state index in [1.165, 1.54) is 71.3 Å². The van der Waals surface area contributed by atoms with Crippen molar-refractivity contribution in [1.29, 1.82) is 0 Å². The normalized spacial score (nSPS) is 39.9. The Hall–Kier alpha value is -2.58. The van der Waals surface area contributed by atoms with Gasteiger partial charge >= 0.3 is 12.1 Å². The lowest BCUT2D eigenvalue weighted by Crippen LogP contribution is -2.70. The maximum Gasteiger partial charge on any atom is 0.416 e. The van der Waals surface area contributed by atoms with Crippen LogP contribution in [0.1, 0.15) is 106 Å². The van der Waals surface area contributed by atoms with Crippen LogP contribution in [-0.4, -0.2) is 161 Å². The van der Waals surface area contributed by atoms with Gasteiger partial charge in [-0.3, -0.25) is 4.79 Å². The van der Waals surface area contributed by atoms with Crippen LogP contribution in [0.4, 0.5) is 13.2 Å². The van der Waals surface area contributed by atoms with Crippen molar-refractivity contribution < 1.29 is 80.3 Å². The van der Waals surface area contributed by atoms with Crippen LogP contribution in [0.25, 0.3) is 0 Å². The smallest absolute Gasteiger partial charge is 0.416 e. The number of ether oxygens (including phenoxy) is 6. The van der Waals surface area contributed by atoms with Gasteiger partial charge in [0.05, 0.1) is 52.4 Å². The largest absolute Gasteiger partial charge is 0.459 e. The first-order chi connectivity index (χ1) is 33.7. The number of alkyl halides is 3. The monoisotopic (exact) mass is 1080 g/mol. The summed E-state index contributed by atoms with van der Waals surface area (Å²) < 4.78 is 107. The van der Waals surface area contributed by atoms with E-state index in [2.05, 4.69) is 10.6 Å². The molecule has 3 aliphatic heterocycles. The molecule has 2 aromatic carbocycles. The number of rotatable bonds is 13. The fourth-order valence-electron chi connectivity index (χ4n) is 10.8. The third-order valence-corrected chi connectivity index (χ3v) is 17.6. The summed E-state index contributed by atoms with van der Waals surface area (Å²) in [4.78, 5) is 14.5. The van der Waals surface area contributed by atoms with Gasteiger partial charge in [0.1, 0.15) is 35.1 Å². The predicted octanol–water partition coefficient (Wildman–Crippen LogP) is 5.15. The highest BCUT2D eigenvalue weighted by molar-refractivity contribution is 7.89. The number of sulfonamides is 1. The minimum atomic E-state index is -4.50. The molecule has 0 unspecified atom stereocenters. The van der Waals surface area contributed by atoms with Gasteiger partial charge in [-0.2, -0.15) is 17.5 Å². The van der Waals surface area contributed by atoms with Crippen LogP contribution in [-0.2, 0) is 56.0 Å². The van der Waals surface area contributed by atoms with E-state index >= 15 is 0 Å². The van der Waals surface area contributed by atoms with Crippen LogP contribution < -0.4 is 10.6 Å². The Balaban J connectivity index is 1.53. The first kappa shape index (κ1) is 61.3. The summed E-state index contributed by atoms with van der Waals surface area (Å²) in [6, 6.07) is 8.43. The zero-order valence-electron chi connectivity index (χ0n) is 43.9. The molecule has 17 nitrogen and oxygen atoms in total. The molecule has 73 heavy (non-hydrogen) atoms. The van der Waals surface area contributed by atoms with Crippen LogP contribution in [0.3, 0.4) is 0 Å². The molecule has 7 N–H and O–H groups in total. The van der Waals surface area contributed by atoms with E-state index in [0.29, 0.717) is 10.6 Å². The molecule has 2 aromatic rings. The lowest BCUT2D eigenvalue weighted by Gasteiger charge is -2.53. The average molecular weight is 1080 g/mol. The highest BCUT2D eigenvalue weighted by Crippen LogP contribution is 2.44. The van der Waals surface area contributed by atoms with Gasteiger partial charge in [-0.15, -0.1) is 0 Å². The number of aliphatic hydroxyl groups excluding tert-OH is 2. The highest BCUT2D eigenvalue weighted by Gasteiger charge is 2.58. The Bertz CT molecular complexity index is 2230. The van der Waals surface area contributed by atoms with E-state index in [1.807, 2.05) is 6.92 Å². The Morgan fingerprint density at radius 1 is 0.932 bits per heavy atom. The van der Waals surface area contributed by atoms with Crippen molar-refractivity contribution in [1.82, 2.24) is 14.9 Å². The maximum absolute atomic E-state index is 14.6. The Kier molecular flexibility index (Phi) is 20.1. The molecule has 0 spiro atoms. The van der Waals surface area contributed by atoms with E-state index in [-0.39, 0.29) is 56.1 Å². The second-order valence-corrected chi connectivity index (χ2v) is 23.8. The van der Waals surface area contributed by atoms with Gasteiger partial charge in [-0.25, -0.2) is 8.42 Å². The Labute approximate surface area is 433 Å². The zero-order valence-corrected chi connectivity index (χ0v) is 45.5. The molecule has 3 saturated heterocycles. The van der Waals surface area contributed by atoms with Crippen molar-refractivity contribution in [2.75, 3.05) is 27.2 Å². The van der Waals surface area contributed by atoms with Crippen LogP contribution in [0.5, 0.6) is 0 Å². The van der Waals surface area contributed by atoms with Crippen LogP contribution in [0, 0.1) is 17.8 Å². The number of carbonyl (C=O) groups excluding carboxylic acids is 1. The molecule has 0 amide bonds. The molecule has 3 aliphatic rings. The number of esters is 1. The van der Waals surface area contributed by atoms with E-state index in [4.69, 9.17) is 40.0 Å². The third-order valence-electron chi connectivity index (χ3n) is 15.5. The Morgan fingerprint density at radius 2 is 1.55 bits per heavy atom. The van der Waals surface area contributed by atoms with Gasteiger partial charge < -0.3 is 64.6 Å². The number of cyclic esters (lactones) is 1. The lowest BCUT2D eigenvalue weighted by atomic mass is 9.75. The number of benzene rings is 2. The van der Waals surface area contributed by atoms with Gasteiger partial charge in [0.25, 0.3) is 0 Å². The fraction of sp³-hybridized carbons (Fsp3) is 0.745. The number of nitrogens with zero attached hydrogens (tertiary/aromatic N) is 1. The number of carbonyl (C=O) groups is 1. The van der Waals surface area contributed by atoms with E-state index in [9.17, 15) is 51.9 Å². The molecule has 0 aromatic heterocycles. The predicted molar refractivity (Wildman–Crippen MR) is 264 cm³/mol. The molecule has 416 valence electrons. The summed E-state index contributed by atoms with van der Waals surface area (Å²) >= 11 is 6.06. The molecule has 0 aliphatic carbocycles. The van der Waals surface area contributed by atoms with Gasteiger partial charge in [-0.1, -0.05) is 44.5 Å². The molecule has 0 saturated carbocycles. The molecule has 18 atom stereocenters. The highest BCUT2D eigenvalue weighted by atomic mass is 35.5. The fourth-order valence-corrected chi connectivity index (χ4v) is 12.3. The maximum atomic E-state index is 14.6. The summed E-state index contributed by atoms with van der Waals surface area (Å²) in [7, 11) is -1.46. The molecular weight excluding hydrogens is 1000 g/mol. The van der Waals surface area contributed by atoms with Crippen molar-refractivity contribution in [2.45, 2.75) is 202 Å². The van der Waals surface area contributed by atoms with Crippen LogP contribution in [0.2, 0.25) is 5.02 Å². The van der Waals surface area contributed by atoms with Gasteiger partial charge in [0.2, 0.25) is 10.0 Å². The van der Waals surface area contributed by atoms with Crippen LogP contribution in [0.15, 0.2) is 53.4 Å². The molecule has 0 bridgehead atoms. The van der Waals surface area contributed by atoms with Crippen molar-refractivity contribution in [2.24, 2.45) is 17.8 Å². The van der Waals surface area contributed by atoms with Crippen molar-refractivity contribution in [3.63, 3.8) is 0 Å². The lowest BCUT2D eigenvalue weighted by molar-refractivity contribution is -0.336. The number of halogens is 4.